The number of ether oxygens (including phenoxy) is 2. The first-order valence-corrected chi connectivity index (χ1v) is 9.12. The van der Waals surface area contributed by atoms with Crippen LogP contribution in [0, 0.1) is 0 Å². The number of benzene rings is 2. The summed E-state index contributed by atoms with van der Waals surface area (Å²) in [6, 6.07) is 13.7. The predicted octanol–water partition coefficient (Wildman–Crippen LogP) is 2.92. The molecule has 3 aromatic rings. The van der Waals surface area contributed by atoms with E-state index in [2.05, 4.69) is 10.3 Å². The number of carbonyl (C=O) groups excluding carboxylic acids is 2. The number of nitrogens with one attached hydrogen (secondary N) is 1. The molecule has 0 saturated heterocycles. The SMILES string of the molecule is COc1cccc(C(NC(=O)COc2ccc(C(C)=O)cc2)c2nccn2C)c1. The van der Waals surface area contributed by atoms with E-state index in [9.17, 15) is 9.59 Å². The van der Waals surface area contributed by atoms with Gasteiger partial charge in [0.05, 0.1) is 7.11 Å². The highest BCUT2D eigenvalue weighted by Gasteiger charge is 2.21. The molecule has 29 heavy (non-hydrogen) atoms. The number of nitrogens with zero attached hydrogens (tertiary/aromatic N) is 2. The van der Waals surface area contributed by atoms with E-state index in [0.717, 1.165) is 5.56 Å². The van der Waals surface area contributed by atoms with Crippen LogP contribution in [0.1, 0.15) is 34.7 Å². The third kappa shape index (κ3) is 5.01. The number of Topliss-reactive ketones (excluding diaryl/α,β-unsaturated/α-hetero) is 1. The summed E-state index contributed by atoms with van der Waals surface area (Å²) in [7, 11) is 3.47. The molecule has 0 saturated carbocycles. The van der Waals surface area contributed by atoms with Crippen molar-refractivity contribution in [3.63, 3.8) is 0 Å². The van der Waals surface area contributed by atoms with Gasteiger partial charge in [-0.25, -0.2) is 4.98 Å². The van der Waals surface area contributed by atoms with E-state index in [0.29, 0.717) is 22.9 Å². The molecule has 3 rings (SSSR count). The molecule has 0 aliphatic rings. The zero-order valence-corrected chi connectivity index (χ0v) is 16.6. The maximum absolute atomic E-state index is 12.6. The van der Waals surface area contributed by atoms with Crippen molar-refractivity contribution < 1.29 is 19.1 Å². The largest absolute Gasteiger partial charge is 0.497 e. The topological polar surface area (TPSA) is 82.4 Å². The second kappa shape index (κ2) is 9.05. The molecule has 0 radical (unpaired) electrons. The maximum Gasteiger partial charge on any atom is 0.258 e. The Morgan fingerprint density at radius 2 is 1.90 bits per heavy atom. The molecule has 0 aliphatic carbocycles. The lowest BCUT2D eigenvalue weighted by Crippen LogP contribution is -2.34. The molecule has 1 N–H and O–H groups in total. The molecular formula is C22H23N3O4. The number of imidazole rings is 1. The second-order valence-corrected chi connectivity index (χ2v) is 6.54. The van der Waals surface area contributed by atoms with E-state index in [1.807, 2.05) is 42.1 Å². The van der Waals surface area contributed by atoms with Crippen molar-refractivity contribution in [2.24, 2.45) is 7.05 Å². The maximum atomic E-state index is 12.6. The Kier molecular flexibility index (Phi) is 6.29. The lowest BCUT2D eigenvalue weighted by atomic mass is 10.1. The van der Waals surface area contributed by atoms with Crippen LogP contribution in [0.2, 0.25) is 0 Å². The van der Waals surface area contributed by atoms with Crippen LogP contribution in [0.15, 0.2) is 60.9 Å². The molecule has 7 nitrogen and oxygen atoms in total. The second-order valence-electron chi connectivity index (χ2n) is 6.54. The molecule has 150 valence electrons. The molecule has 7 heteroatoms. The number of ketones is 1. The fourth-order valence-corrected chi connectivity index (χ4v) is 2.91. The van der Waals surface area contributed by atoms with E-state index in [-0.39, 0.29) is 18.3 Å². The van der Waals surface area contributed by atoms with E-state index in [1.54, 1.807) is 37.6 Å². The van der Waals surface area contributed by atoms with Crippen LogP contribution in [-0.4, -0.2) is 35.0 Å². The zero-order valence-electron chi connectivity index (χ0n) is 16.6. The number of carbonyl (C=O) groups is 2. The molecule has 1 unspecified atom stereocenters. The van der Waals surface area contributed by atoms with Crippen molar-refractivity contribution in [2.75, 3.05) is 13.7 Å². The van der Waals surface area contributed by atoms with Gasteiger partial charge in [-0.15, -0.1) is 0 Å². The van der Waals surface area contributed by atoms with Crippen molar-refractivity contribution in [2.45, 2.75) is 13.0 Å². The normalized spacial score (nSPS) is 11.6. The third-order valence-corrected chi connectivity index (χ3v) is 4.48. The molecule has 0 fully saturated rings. The summed E-state index contributed by atoms with van der Waals surface area (Å²) in [4.78, 5) is 28.3. The molecule has 1 heterocycles. The summed E-state index contributed by atoms with van der Waals surface area (Å²) in [6.07, 6.45) is 3.50. The average Bonchev–Trinajstić information content (AvgIpc) is 3.16. The molecule has 0 aliphatic heterocycles. The third-order valence-electron chi connectivity index (χ3n) is 4.48. The zero-order chi connectivity index (χ0) is 20.8. The summed E-state index contributed by atoms with van der Waals surface area (Å²) in [5.41, 5.74) is 1.44. The standard InChI is InChI=1S/C22H23N3O4/c1-15(26)16-7-9-18(10-8-16)29-14-20(27)24-21(22-23-11-12-25(22)2)17-5-4-6-19(13-17)28-3/h4-13,21H,14H2,1-3H3,(H,24,27). The Balaban J connectivity index is 1.72. The van der Waals surface area contributed by atoms with Gasteiger partial charge in [-0.05, 0) is 48.9 Å². The fraction of sp³-hybridized carbons (Fsp3) is 0.227. The molecular weight excluding hydrogens is 370 g/mol. The highest BCUT2D eigenvalue weighted by molar-refractivity contribution is 5.94. The Bertz CT molecular complexity index is 995. The number of rotatable bonds is 8. The summed E-state index contributed by atoms with van der Waals surface area (Å²) < 4.78 is 12.7. The van der Waals surface area contributed by atoms with E-state index < -0.39 is 6.04 Å². The van der Waals surface area contributed by atoms with E-state index in [4.69, 9.17) is 9.47 Å². The Morgan fingerprint density at radius 1 is 1.14 bits per heavy atom. The highest BCUT2D eigenvalue weighted by Crippen LogP contribution is 2.24. The molecule has 1 amide bonds. The Morgan fingerprint density at radius 3 is 2.52 bits per heavy atom. The van der Waals surface area contributed by atoms with Crippen LogP contribution in [0.5, 0.6) is 11.5 Å². The predicted molar refractivity (Wildman–Crippen MR) is 108 cm³/mol. The number of hydrogen-bond acceptors (Lipinski definition) is 5. The molecule has 1 atom stereocenters. The molecule has 0 spiro atoms. The first-order valence-electron chi connectivity index (χ1n) is 9.12. The van der Waals surface area contributed by atoms with Crippen molar-refractivity contribution in [3.05, 3.63) is 77.9 Å². The first-order chi connectivity index (χ1) is 14.0. The fourth-order valence-electron chi connectivity index (χ4n) is 2.91. The summed E-state index contributed by atoms with van der Waals surface area (Å²) in [5, 5.41) is 2.97. The van der Waals surface area contributed by atoms with Gasteiger partial charge in [0, 0.05) is 25.0 Å². The highest BCUT2D eigenvalue weighted by atomic mass is 16.5. The van der Waals surface area contributed by atoms with Crippen molar-refractivity contribution in [1.29, 1.82) is 0 Å². The van der Waals surface area contributed by atoms with Gasteiger partial charge in [0.15, 0.2) is 12.4 Å². The van der Waals surface area contributed by atoms with Crippen molar-refractivity contribution >= 4 is 11.7 Å². The number of aromatic nitrogens is 2. The van der Waals surface area contributed by atoms with Crippen LogP contribution in [0.4, 0.5) is 0 Å². The smallest absolute Gasteiger partial charge is 0.258 e. The van der Waals surface area contributed by atoms with Gasteiger partial charge in [-0.1, -0.05) is 12.1 Å². The van der Waals surface area contributed by atoms with Crippen LogP contribution in [0.3, 0.4) is 0 Å². The average molecular weight is 393 g/mol. The van der Waals surface area contributed by atoms with Gasteiger partial charge in [0.2, 0.25) is 0 Å². The van der Waals surface area contributed by atoms with Gasteiger partial charge >= 0.3 is 0 Å². The van der Waals surface area contributed by atoms with E-state index in [1.165, 1.54) is 6.92 Å². The van der Waals surface area contributed by atoms with Gasteiger partial charge in [-0.2, -0.15) is 0 Å². The summed E-state index contributed by atoms with van der Waals surface area (Å²) in [5.74, 6) is 1.58. The van der Waals surface area contributed by atoms with E-state index >= 15 is 0 Å². The molecule has 0 bridgehead atoms. The first kappa shape index (κ1) is 20.1. The Labute approximate surface area is 169 Å². The minimum absolute atomic E-state index is 0.0227. The number of amides is 1. The molecule has 1 aromatic heterocycles. The summed E-state index contributed by atoms with van der Waals surface area (Å²) >= 11 is 0. The number of hydrogen-bond donors (Lipinski definition) is 1. The van der Waals surface area contributed by atoms with Crippen molar-refractivity contribution in [3.8, 4) is 11.5 Å². The van der Waals surface area contributed by atoms with Gasteiger partial charge in [0.25, 0.3) is 5.91 Å². The number of methoxy groups -OCH3 is 1. The Hall–Kier alpha value is -3.61. The lowest BCUT2D eigenvalue weighted by molar-refractivity contribution is -0.123. The minimum atomic E-state index is -0.457. The quantitative estimate of drug-likeness (QED) is 0.595. The lowest BCUT2D eigenvalue weighted by Gasteiger charge is -2.20. The van der Waals surface area contributed by atoms with Gasteiger partial charge in [-0.3, -0.25) is 9.59 Å². The van der Waals surface area contributed by atoms with Crippen LogP contribution in [-0.2, 0) is 11.8 Å². The monoisotopic (exact) mass is 393 g/mol. The van der Waals surface area contributed by atoms with Crippen LogP contribution >= 0.6 is 0 Å². The van der Waals surface area contributed by atoms with Crippen LogP contribution < -0.4 is 14.8 Å². The number of aryl methyl sites for hydroxylation is 1. The van der Waals surface area contributed by atoms with Gasteiger partial charge in [0.1, 0.15) is 23.4 Å². The molecule has 2 aromatic carbocycles. The van der Waals surface area contributed by atoms with Crippen molar-refractivity contribution in [1.82, 2.24) is 14.9 Å². The minimum Gasteiger partial charge on any atom is -0.497 e. The van der Waals surface area contributed by atoms with Crippen LogP contribution in [0.25, 0.3) is 0 Å². The summed E-state index contributed by atoms with van der Waals surface area (Å²) in [6.45, 7) is 1.34. The van der Waals surface area contributed by atoms with Gasteiger partial charge < -0.3 is 19.4 Å².